The second kappa shape index (κ2) is 5.33. The monoisotopic (exact) mass is 312 g/mol. The fourth-order valence-corrected chi connectivity index (χ4v) is 3.32. The zero-order chi connectivity index (χ0) is 15.0. The van der Waals surface area contributed by atoms with Gasteiger partial charge in [0.25, 0.3) is 0 Å². The molecular formula is C15H15F3N2S. The fraction of sp³-hybridized carbons (Fsp3) is 0.400. The molecule has 2 N–H and O–H groups in total. The Morgan fingerprint density at radius 1 is 1.19 bits per heavy atom. The molecule has 1 aromatic rings. The topological polar surface area (TPSA) is 24.1 Å². The molecule has 0 heterocycles. The molecule has 21 heavy (non-hydrogen) atoms. The van der Waals surface area contributed by atoms with Crippen LogP contribution in [0.3, 0.4) is 0 Å². The van der Waals surface area contributed by atoms with Crippen LogP contribution < -0.4 is 10.6 Å². The summed E-state index contributed by atoms with van der Waals surface area (Å²) in [4.78, 5) is 0. The predicted molar refractivity (Wildman–Crippen MR) is 79.9 cm³/mol. The van der Waals surface area contributed by atoms with E-state index in [2.05, 4.69) is 22.8 Å². The van der Waals surface area contributed by atoms with Crippen LogP contribution in [0.2, 0.25) is 0 Å². The number of allylic oxidation sites excluding steroid dienone is 1. The van der Waals surface area contributed by atoms with Gasteiger partial charge in [-0.15, -0.1) is 0 Å². The van der Waals surface area contributed by atoms with E-state index in [0.717, 1.165) is 25.0 Å². The fourth-order valence-electron chi connectivity index (χ4n) is 3.06. The molecule has 6 heteroatoms. The van der Waals surface area contributed by atoms with Crippen molar-refractivity contribution in [2.45, 2.75) is 25.1 Å². The summed E-state index contributed by atoms with van der Waals surface area (Å²) < 4.78 is 38.0. The summed E-state index contributed by atoms with van der Waals surface area (Å²) >= 11 is 5.20. The van der Waals surface area contributed by atoms with Crippen molar-refractivity contribution in [3.8, 4) is 0 Å². The standard InChI is InChI=1S/C15H15F3N2S/c16-15(17,18)11-2-1-3-12(8-11)19-14(21)20-13-7-9-4-5-10(13)6-9/h1-5,8-10,13H,6-7H2,(H2,19,20,21)/t9-,10+,13+/m0/s1. The van der Waals surface area contributed by atoms with Crippen molar-refractivity contribution < 1.29 is 13.2 Å². The highest BCUT2D eigenvalue weighted by atomic mass is 32.1. The number of nitrogens with one attached hydrogen (secondary N) is 2. The van der Waals surface area contributed by atoms with Gasteiger partial charge in [-0.05, 0) is 55.1 Å². The molecule has 0 amide bonds. The van der Waals surface area contributed by atoms with Gasteiger partial charge in [0.15, 0.2) is 5.11 Å². The molecule has 2 nitrogen and oxygen atoms in total. The van der Waals surface area contributed by atoms with E-state index < -0.39 is 11.7 Å². The molecular weight excluding hydrogens is 297 g/mol. The molecule has 2 aliphatic carbocycles. The van der Waals surface area contributed by atoms with Crippen LogP contribution in [0.4, 0.5) is 18.9 Å². The van der Waals surface area contributed by atoms with Crippen molar-refractivity contribution in [3.05, 3.63) is 42.0 Å². The van der Waals surface area contributed by atoms with Crippen molar-refractivity contribution in [1.29, 1.82) is 0 Å². The van der Waals surface area contributed by atoms with Gasteiger partial charge in [0.2, 0.25) is 0 Å². The molecule has 0 saturated heterocycles. The molecule has 3 rings (SSSR count). The number of alkyl halides is 3. The first-order valence-electron chi connectivity index (χ1n) is 6.85. The second-order valence-electron chi connectivity index (χ2n) is 5.56. The Morgan fingerprint density at radius 3 is 2.62 bits per heavy atom. The van der Waals surface area contributed by atoms with Gasteiger partial charge in [0.1, 0.15) is 0 Å². The van der Waals surface area contributed by atoms with Gasteiger partial charge in [0, 0.05) is 11.7 Å². The van der Waals surface area contributed by atoms with Crippen molar-refractivity contribution in [2.75, 3.05) is 5.32 Å². The van der Waals surface area contributed by atoms with E-state index >= 15 is 0 Å². The van der Waals surface area contributed by atoms with Gasteiger partial charge in [-0.2, -0.15) is 13.2 Å². The molecule has 2 bridgehead atoms. The van der Waals surface area contributed by atoms with Crippen LogP contribution in [0.5, 0.6) is 0 Å². The van der Waals surface area contributed by atoms with Gasteiger partial charge >= 0.3 is 6.18 Å². The smallest absolute Gasteiger partial charge is 0.359 e. The van der Waals surface area contributed by atoms with Crippen LogP contribution >= 0.6 is 12.2 Å². The third-order valence-electron chi connectivity index (χ3n) is 4.04. The Morgan fingerprint density at radius 2 is 2.00 bits per heavy atom. The Kier molecular flexibility index (Phi) is 3.65. The highest BCUT2D eigenvalue weighted by molar-refractivity contribution is 7.80. The zero-order valence-corrected chi connectivity index (χ0v) is 12.0. The van der Waals surface area contributed by atoms with Crippen molar-refractivity contribution in [3.63, 3.8) is 0 Å². The maximum absolute atomic E-state index is 12.7. The minimum Gasteiger partial charge on any atom is -0.359 e. The minimum atomic E-state index is -4.35. The first kappa shape index (κ1) is 14.4. The summed E-state index contributed by atoms with van der Waals surface area (Å²) in [5, 5.41) is 6.42. The first-order chi connectivity index (χ1) is 9.91. The molecule has 0 unspecified atom stereocenters. The van der Waals surface area contributed by atoms with E-state index in [4.69, 9.17) is 12.2 Å². The predicted octanol–water partition coefficient (Wildman–Crippen LogP) is 3.96. The van der Waals surface area contributed by atoms with Gasteiger partial charge in [-0.1, -0.05) is 18.2 Å². The van der Waals surface area contributed by atoms with Crippen molar-refractivity contribution >= 4 is 23.0 Å². The lowest BCUT2D eigenvalue weighted by Gasteiger charge is -2.22. The largest absolute Gasteiger partial charge is 0.416 e. The van der Waals surface area contributed by atoms with Crippen LogP contribution in [0, 0.1) is 11.8 Å². The molecule has 1 aromatic carbocycles. The third kappa shape index (κ3) is 3.20. The molecule has 0 aliphatic heterocycles. The second-order valence-corrected chi connectivity index (χ2v) is 5.97. The molecule has 112 valence electrons. The number of hydrogen-bond acceptors (Lipinski definition) is 1. The van der Waals surface area contributed by atoms with E-state index in [1.807, 2.05) is 0 Å². The van der Waals surface area contributed by atoms with Crippen LogP contribution in [-0.4, -0.2) is 11.2 Å². The van der Waals surface area contributed by atoms with E-state index in [1.54, 1.807) is 6.07 Å². The Hall–Kier alpha value is -1.56. The minimum absolute atomic E-state index is 0.283. The van der Waals surface area contributed by atoms with Crippen LogP contribution in [0.15, 0.2) is 36.4 Å². The highest BCUT2D eigenvalue weighted by Gasteiger charge is 2.36. The quantitative estimate of drug-likeness (QED) is 0.638. The summed E-state index contributed by atoms with van der Waals surface area (Å²) in [5.41, 5.74) is -0.334. The number of rotatable bonds is 2. The Bertz CT molecular complexity index is 583. The zero-order valence-electron chi connectivity index (χ0n) is 11.2. The molecule has 1 saturated carbocycles. The number of hydrogen-bond donors (Lipinski definition) is 2. The van der Waals surface area contributed by atoms with Gasteiger partial charge in [-0.25, -0.2) is 0 Å². The lowest BCUT2D eigenvalue weighted by atomic mass is 10.0. The lowest BCUT2D eigenvalue weighted by Crippen LogP contribution is -2.40. The van der Waals surface area contributed by atoms with Crippen molar-refractivity contribution in [2.24, 2.45) is 11.8 Å². The van der Waals surface area contributed by atoms with Crippen LogP contribution in [-0.2, 0) is 6.18 Å². The maximum atomic E-state index is 12.7. The van der Waals surface area contributed by atoms with E-state index in [1.165, 1.54) is 6.07 Å². The van der Waals surface area contributed by atoms with Crippen molar-refractivity contribution in [1.82, 2.24) is 5.32 Å². The SMILES string of the molecule is FC(F)(F)c1cccc(NC(=S)N[C@@H]2C[C@H]3C=C[C@@H]2C3)c1. The number of anilines is 1. The van der Waals surface area contributed by atoms with Crippen LogP contribution in [0.1, 0.15) is 18.4 Å². The van der Waals surface area contributed by atoms with Gasteiger partial charge < -0.3 is 10.6 Å². The van der Waals surface area contributed by atoms with Gasteiger partial charge in [-0.3, -0.25) is 0 Å². The van der Waals surface area contributed by atoms with E-state index in [9.17, 15) is 13.2 Å². The number of halogens is 3. The van der Waals surface area contributed by atoms with Crippen LogP contribution in [0.25, 0.3) is 0 Å². The molecule has 2 aliphatic rings. The molecule has 0 aromatic heterocycles. The summed E-state index contributed by atoms with van der Waals surface area (Å²) in [6.07, 6.45) is 2.25. The Labute approximate surface area is 126 Å². The normalized spacial score (nSPS) is 26.9. The summed E-state index contributed by atoms with van der Waals surface area (Å²) in [7, 11) is 0. The van der Waals surface area contributed by atoms with E-state index in [0.29, 0.717) is 22.6 Å². The molecule has 3 atom stereocenters. The molecule has 1 fully saturated rings. The highest BCUT2D eigenvalue weighted by Crippen LogP contribution is 2.39. The summed E-state index contributed by atoms with van der Waals surface area (Å²) in [6, 6.07) is 5.33. The van der Waals surface area contributed by atoms with Gasteiger partial charge in [0.05, 0.1) is 5.56 Å². The summed E-state index contributed by atoms with van der Waals surface area (Å²) in [6.45, 7) is 0. The van der Waals surface area contributed by atoms with E-state index in [-0.39, 0.29) is 6.04 Å². The average Bonchev–Trinajstić information content (AvgIpc) is 3.00. The third-order valence-corrected chi connectivity index (χ3v) is 4.26. The molecule has 0 spiro atoms. The molecule has 0 radical (unpaired) electrons. The summed E-state index contributed by atoms with van der Waals surface area (Å²) in [5.74, 6) is 1.10. The maximum Gasteiger partial charge on any atom is 0.416 e. The Balaban J connectivity index is 1.61. The lowest BCUT2D eigenvalue weighted by molar-refractivity contribution is -0.137. The average molecular weight is 312 g/mol. The first-order valence-corrected chi connectivity index (χ1v) is 7.26. The number of benzene rings is 1. The number of fused-ring (bicyclic) bond motifs is 2. The number of thiocarbonyl (C=S) groups is 1.